The predicted molar refractivity (Wildman–Crippen MR) is 54.6 cm³/mol. The Hall–Kier alpha value is 0.270. The SMILES string of the molecule is CSCCC(CO)NC1CCC1. The van der Waals surface area contributed by atoms with Crippen LogP contribution in [0.2, 0.25) is 0 Å². The molecule has 2 N–H and O–H groups in total. The van der Waals surface area contributed by atoms with Crippen LogP contribution in [0.5, 0.6) is 0 Å². The molecule has 1 fully saturated rings. The van der Waals surface area contributed by atoms with Gasteiger partial charge in [-0.1, -0.05) is 6.42 Å². The van der Waals surface area contributed by atoms with Crippen LogP contribution >= 0.6 is 11.8 Å². The summed E-state index contributed by atoms with van der Waals surface area (Å²) < 4.78 is 0. The van der Waals surface area contributed by atoms with Gasteiger partial charge in [0, 0.05) is 12.1 Å². The highest BCUT2D eigenvalue weighted by Gasteiger charge is 2.20. The Labute approximate surface area is 79.1 Å². The third-order valence-electron chi connectivity index (χ3n) is 2.47. The lowest BCUT2D eigenvalue weighted by atomic mass is 9.92. The summed E-state index contributed by atoms with van der Waals surface area (Å²) in [6, 6.07) is 1.03. The first-order valence-electron chi connectivity index (χ1n) is 4.72. The molecule has 0 aliphatic heterocycles. The van der Waals surface area contributed by atoms with Gasteiger partial charge in [-0.2, -0.15) is 11.8 Å². The number of thioether (sulfide) groups is 1. The third-order valence-corrected chi connectivity index (χ3v) is 3.11. The Morgan fingerprint density at radius 1 is 1.58 bits per heavy atom. The minimum atomic E-state index is 0.289. The van der Waals surface area contributed by atoms with Gasteiger partial charge in [0.05, 0.1) is 6.61 Å². The number of hydrogen-bond acceptors (Lipinski definition) is 3. The second kappa shape index (κ2) is 5.84. The fourth-order valence-corrected chi connectivity index (χ4v) is 1.92. The van der Waals surface area contributed by atoms with Crippen molar-refractivity contribution in [1.29, 1.82) is 0 Å². The van der Waals surface area contributed by atoms with Crippen molar-refractivity contribution in [3.8, 4) is 0 Å². The molecule has 0 saturated heterocycles. The summed E-state index contributed by atoms with van der Waals surface area (Å²) in [6.45, 7) is 0.289. The van der Waals surface area contributed by atoms with E-state index in [2.05, 4.69) is 11.6 Å². The number of aliphatic hydroxyl groups is 1. The van der Waals surface area contributed by atoms with Crippen molar-refractivity contribution in [3.05, 3.63) is 0 Å². The summed E-state index contributed by atoms with van der Waals surface area (Å²) in [5, 5.41) is 12.5. The van der Waals surface area contributed by atoms with Gasteiger partial charge in [-0.25, -0.2) is 0 Å². The van der Waals surface area contributed by atoms with E-state index in [4.69, 9.17) is 5.11 Å². The molecule has 0 amide bonds. The zero-order valence-electron chi connectivity index (χ0n) is 7.75. The number of aliphatic hydroxyl groups excluding tert-OH is 1. The molecule has 0 aromatic heterocycles. The summed E-state index contributed by atoms with van der Waals surface area (Å²) in [7, 11) is 0. The zero-order valence-corrected chi connectivity index (χ0v) is 8.57. The normalized spacial score (nSPS) is 20.5. The Bertz CT molecular complexity index is 117. The molecule has 2 nitrogen and oxygen atoms in total. The maximum Gasteiger partial charge on any atom is 0.0585 e. The minimum absolute atomic E-state index is 0.289. The summed E-state index contributed by atoms with van der Waals surface area (Å²) in [6.07, 6.45) is 7.16. The highest BCUT2D eigenvalue weighted by molar-refractivity contribution is 7.98. The molecule has 0 bridgehead atoms. The molecule has 1 atom stereocenters. The van der Waals surface area contributed by atoms with Crippen LogP contribution in [0.25, 0.3) is 0 Å². The molecule has 72 valence electrons. The van der Waals surface area contributed by atoms with E-state index in [9.17, 15) is 0 Å². The Morgan fingerprint density at radius 2 is 2.33 bits per heavy atom. The smallest absolute Gasteiger partial charge is 0.0585 e. The van der Waals surface area contributed by atoms with E-state index in [0.717, 1.165) is 12.2 Å². The van der Waals surface area contributed by atoms with Gasteiger partial charge in [0.1, 0.15) is 0 Å². The lowest BCUT2D eigenvalue weighted by Crippen LogP contribution is -2.44. The number of rotatable bonds is 6. The summed E-state index contributed by atoms with van der Waals surface area (Å²) >= 11 is 1.85. The number of nitrogens with one attached hydrogen (secondary N) is 1. The molecule has 0 aromatic carbocycles. The van der Waals surface area contributed by atoms with Crippen molar-refractivity contribution in [3.63, 3.8) is 0 Å². The van der Waals surface area contributed by atoms with Crippen LogP contribution in [0.1, 0.15) is 25.7 Å². The Balaban J connectivity index is 2.06. The van der Waals surface area contributed by atoms with Crippen LogP contribution in [0.15, 0.2) is 0 Å². The largest absolute Gasteiger partial charge is 0.395 e. The first-order chi connectivity index (χ1) is 5.86. The molecule has 3 heteroatoms. The van der Waals surface area contributed by atoms with E-state index in [1.807, 2.05) is 11.8 Å². The molecule has 1 rings (SSSR count). The van der Waals surface area contributed by atoms with Gasteiger partial charge in [-0.3, -0.25) is 0 Å². The Morgan fingerprint density at radius 3 is 2.75 bits per heavy atom. The number of hydrogen-bond donors (Lipinski definition) is 2. The first kappa shape index (κ1) is 10.4. The molecule has 1 saturated carbocycles. The average Bonchev–Trinajstić information content (AvgIpc) is 2.02. The molecule has 0 heterocycles. The van der Waals surface area contributed by atoms with E-state index in [0.29, 0.717) is 12.1 Å². The van der Waals surface area contributed by atoms with Gasteiger partial charge in [0.2, 0.25) is 0 Å². The molecule has 0 spiro atoms. The third kappa shape index (κ3) is 3.33. The maximum atomic E-state index is 9.05. The highest BCUT2D eigenvalue weighted by atomic mass is 32.2. The van der Waals surface area contributed by atoms with Crippen molar-refractivity contribution < 1.29 is 5.11 Å². The van der Waals surface area contributed by atoms with E-state index in [-0.39, 0.29) is 6.61 Å². The minimum Gasteiger partial charge on any atom is -0.395 e. The second-order valence-electron chi connectivity index (χ2n) is 3.46. The molecule has 0 radical (unpaired) electrons. The molecule has 1 aliphatic rings. The van der Waals surface area contributed by atoms with E-state index < -0.39 is 0 Å². The van der Waals surface area contributed by atoms with E-state index >= 15 is 0 Å². The van der Waals surface area contributed by atoms with Crippen LogP contribution < -0.4 is 5.32 Å². The average molecular weight is 189 g/mol. The molecule has 12 heavy (non-hydrogen) atoms. The van der Waals surface area contributed by atoms with Gasteiger partial charge in [0.15, 0.2) is 0 Å². The molecular weight excluding hydrogens is 170 g/mol. The van der Waals surface area contributed by atoms with Crippen molar-refractivity contribution in [1.82, 2.24) is 5.32 Å². The predicted octanol–water partition coefficient (Wildman–Crippen LogP) is 1.24. The summed E-state index contributed by atoms with van der Waals surface area (Å²) in [5.41, 5.74) is 0. The monoisotopic (exact) mass is 189 g/mol. The van der Waals surface area contributed by atoms with Crippen LogP contribution in [-0.2, 0) is 0 Å². The second-order valence-corrected chi connectivity index (χ2v) is 4.44. The van der Waals surface area contributed by atoms with Gasteiger partial charge in [0.25, 0.3) is 0 Å². The van der Waals surface area contributed by atoms with Crippen molar-refractivity contribution in [2.45, 2.75) is 37.8 Å². The summed E-state index contributed by atoms with van der Waals surface area (Å²) in [5.74, 6) is 1.14. The van der Waals surface area contributed by atoms with Crippen LogP contribution in [0.4, 0.5) is 0 Å². The highest BCUT2D eigenvalue weighted by Crippen LogP contribution is 2.19. The fourth-order valence-electron chi connectivity index (χ4n) is 1.40. The first-order valence-corrected chi connectivity index (χ1v) is 6.12. The molecule has 1 aliphatic carbocycles. The molecular formula is C9H19NOS. The van der Waals surface area contributed by atoms with Crippen LogP contribution in [-0.4, -0.2) is 35.8 Å². The standard InChI is InChI=1S/C9H19NOS/c1-12-6-5-9(7-11)10-8-3-2-4-8/h8-11H,2-7H2,1H3. The van der Waals surface area contributed by atoms with Crippen LogP contribution in [0, 0.1) is 0 Å². The van der Waals surface area contributed by atoms with E-state index in [1.165, 1.54) is 19.3 Å². The topological polar surface area (TPSA) is 32.3 Å². The lowest BCUT2D eigenvalue weighted by molar-refractivity contribution is 0.205. The summed E-state index contributed by atoms with van der Waals surface area (Å²) in [4.78, 5) is 0. The van der Waals surface area contributed by atoms with Crippen molar-refractivity contribution >= 4 is 11.8 Å². The maximum absolute atomic E-state index is 9.05. The van der Waals surface area contributed by atoms with Crippen molar-refractivity contribution in [2.24, 2.45) is 0 Å². The fraction of sp³-hybridized carbons (Fsp3) is 1.00. The molecule has 1 unspecified atom stereocenters. The Kier molecular flexibility index (Phi) is 5.04. The van der Waals surface area contributed by atoms with E-state index in [1.54, 1.807) is 0 Å². The lowest BCUT2D eigenvalue weighted by Gasteiger charge is -2.30. The van der Waals surface area contributed by atoms with Gasteiger partial charge >= 0.3 is 0 Å². The van der Waals surface area contributed by atoms with Gasteiger partial charge < -0.3 is 10.4 Å². The van der Waals surface area contributed by atoms with Crippen LogP contribution in [0.3, 0.4) is 0 Å². The van der Waals surface area contributed by atoms with Gasteiger partial charge in [-0.15, -0.1) is 0 Å². The molecule has 0 aromatic rings. The zero-order chi connectivity index (χ0) is 8.81. The quantitative estimate of drug-likeness (QED) is 0.659. The van der Waals surface area contributed by atoms with Crippen molar-refractivity contribution in [2.75, 3.05) is 18.6 Å². The van der Waals surface area contributed by atoms with Gasteiger partial charge in [-0.05, 0) is 31.3 Å².